The van der Waals surface area contributed by atoms with E-state index in [0.29, 0.717) is 6.42 Å². The second kappa shape index (κ2) is 2.09. The van der Waals surface area contributed by atoms with Crippen molar-refractivity contribution in [2.24, 2.45) is 16.2 Å². The molecule has 0 aliphatic heterocycles. The molecule has 3 atom stereocenters. The minimum atomic E-state index is -0.282. The van der Waals surface area contributed by atoms with Crippen molar-refractivity contribution in [1.82, 2.24) is 0 Å². The summed E-state index contributed by atoms with van der Waals surface area (Å²) in [6.07, 6.45) is 2.35. The van der Waals surface area contributed by atoms with Gasteiger partial charge in [-0.05, 0) is 24.7 Å². The number of nitrogens with zero attached hydrogens (tertiary/aromatic N) is 1. The molecule has 0 aromatic carbocycles. The summed E-state index contributed by atoms with van der Waals surface area (Å²) in [6.45, 7) is 6.41. The summed E-state index contributed by atoms with van der Waals surface area (Å²) in [5.41, 5.74) is -0.335. The van der Waals surface area contributed by atoms with Gasteiger partial charge in [-0.1, -0.05) is 20.8 Å². The van der Waals surface area contributed by atoms with E-state index in [-0.39, 0.29) is 22.3 Å². The summed E-state index contributed by atoms with van der Waals surface area (Å²) in [6, 6.07) is 2.45. The molecule has 0 amide bonds. The Bertz CT molecular complexity index is 291. The minimum absolute atomic E-state index is 0.0336. The lowest BCUT2D eigenvalue weighted by Crippen LogP contribution is -2.36. The highest BCUT2D eigenvalue weighted by atomic mass is 16.3. The third kappa shape index (κ3) is 0.692. The lowest BCUT2D eigenvalue weighted by molar-refractivity contribution is 0.0121. The smallest absolute Gasteiger partial charge is 0.0696 e. The van der Waals surface area contributed by atoms with Crippen molar-refractivity contribution in [3.8, 4) is 6.07 Å². The van der Waals surface area contributed by atoms with Crippen LogP contribution in [0.4, 0.5) is 0 Å². The number of hydrogen-bond acceptors (Lipinski definition) is 2. The standard InChI is InChI=1S/C11H17NO/c1-9(2)10(3)4-5-11(9,7-12)6-8(10)13/h8,13H,4-6H2,1-3H3/t8-,10+,11-/m0/s1. The van der Waals surface area contributed by atoms with Gasteiger partial charge < -0.3 is 5.11 Å². The minimum Gasteiger partial charge on any atom is -0.392 e. The summed E-state index contributed by atoms with van der Waals surface area (Å²) in [7, 11) is 0. The SMILES string of the molecule is CC1(C)[C@@]2(C#N)CC[C@]1(C)[C@@H](O)C2. The number of nitriles is 1. The van der Waals surface area contributed by atoms with Gasteiger partial charge in [0, 0.05) is 5.41 Å². The molecule has 0 aromatic heterocycles. The Morgan fingerprint density at radius 3 is 2.15 bits per heavy atom. The van der Waals surface area contributed by atoms with Gasteiger partial charge in [-0.25, -0.2) is 0 Å². The summed E-state index contributed by atoms with van der Waals surface area (Å²) in [5.74, 6) is 0. The van der Waals surface area contributed by atoms with Crippen LogP contribution < -0.4 is 0 Å². The molecule has 2 aliphatic carbocycles. The monoisotopic (exact) mass is 179 g/mol. The molecule has 0 aromatic rings. The number of hydrogen-bond donors (Lipinski definition) is 1. The fraction of sp³-hybridized carbons (Fsp3) is 0.909. The van der Waals surface area contributed by atoms with Gasteiger partial charge in [-0.3, -0.25) is 0 Å². The molecule has 2 rings (SSSR count). The van der Waals surface area contributed by atoms with Gasteiger partial charge in [0.05, 0.1) is 17.6 Å². The first kappa shape index (κ1) is 9.02. The fourth-order valence-corrected chi connectivity index (χ4v) is 3.38. The van der Waals surface area contributed by atoms with Crippen LogP contribution in [-0.4, -0.2) is 11.2 Å². The predicted molar refractivity (Wildman–Crippen MR) is 49.8 cm³/mol. The largest absolute Gasteiger partial charge is 0.392 e. The highest BCUT2D eigenvalue weighted by Crippen LogP contribution is 2.71. The van der Waals surface area contributed by atoms with Crippen molar-refractivity contribution in [1.29, 1.82) is 5.26 Å². The van der Waals surface area contributed by atoms with Gasteiger partial charge in [0.15, 0.2) is 0 Å². The average Bonchev–Trinajstić information content (AvgIpc) is 2.34. The molecule has 0 radical (unpaired) electrons. The van der Waals surface area contributed by atoms with E-state index in [1.807, 2.05) is 0 Å². The van der Waals surface area contributed by atoms with Crippen LogP contribution in [0.2, 0.25) is 0 Å². The molecule has 0 heterocycles. The lowest BCUT2D eigenvalue weighted by Gasteiger charge is -2.37. The van der Waals surface area contributed by atoms with Crippen molar-refractivity contribution >= 4 is 0 Å². The summed E-state index contributed by atoms with van der Waals surface area (Å²) >= 11 is 0. The summed E-state index contributed by atoms with van der Waals surface area (Å²) in [5, 5.41) is 19.2. The van der Waals surface area contributed by atoms with Gasteiger partial charge in [-0.15, -0.1) is 0 Å². The number of rotatable bonds is 0. The van der Waals surface area contributed by atoms with Crippen LogP contribution in [-0.2, 0) is 0 Å². The van der Waals surface area contributed by atoms with Gasteiger partial charge in [-0.2, -0.15) is 5.26 Å². The van der Waals surface area contributed by atoms with Crippen LogP contribution in [0.1, 0.15) is 40.0 Å². The molecule has 2 aliphatic rings. The normalized spacial score (nSPS) is 52.1. The van der Waals surface area contributed by atoms with Crippen LogP contribution >= 0.6 is 0 Å². The van der Waals surface area contributed by atoms with Crippen LogP contribution in [0.5, 0.6) is 0 Å². The predicted octanol–water partition coefficient (Wildman–Crippen LogP) is 2.09. The fourth-order valence-electron chi connectivity index (χ4n) is 3.38. The Labute approximate surface area is 79.6 Å². The lowest BCUT2D eigenvalue weighted by atomic mass is 9.65. The molecule has 2 heteroatoms. The van der Waals surface area contributed by atoms with E-state index in [4.69, 9.17) is 0 Å². The molecule has 2 nitrogen and oxygen atoms in total. The van der Waals surface area contributed by atoms with Crippen molar-refractivity contribution < 1.29 is 5.11 Å². The molecular weight excluding hydrogens is 162 g/mol. The zero-order chi connectivity index (χ0) is 9.91. The van der Waals surface area contributed by atoms with Crippen molar-refractivity contribution in [2.75, 3.05) is 0 Å². The first-order valence-corrected chi connectivity index (χ1v) is 4.99. The number of fused-ring (bicyclic) bond motifs is 2. The molecular formula is C11H17NO. The van der Waals surface area contributed by atoms with E-state index < -0.39 is 0 Å². The van der Waals surface area contributed by atoms with Crippen molar-refractivity contribution in [2.45, 2.75) is 46.1 Å². The summed E-state index contributed by atoms with van der Waals surface area (Å²) in [4.78, 5) is 0. The molecule has 2 fully saturated rings. The van der Waals surface area contributed by atoms with E-state index in [2.05, 4.69) is 26.8 Å². The third-order valence-electron chi connectivity index (χ3n) is 5.19. The zero-order valence-electron chi connectivity index (χ0n) is 8.59. The van der Waals surface area contributed by atoms with Crippen LogP contribution in [0.25, 0.3) is 0 Å². The van der Waals surface area contributed by atoms with Crippen molar-refractivity contribution in [3.63, 3.8) is 0 Å². The average molecular weight is 179 g/mol. The van der Waals surface area contributed by atoms with E-state index in [1.54, 1.807) is 0 Å². The van der Waals surface area contributed by atoms with Gasteiger partial charge in [0.2, 0.25) is 0 Å². The quantitative estimate of drug-likeness (QED) is 0.618. The Kier molecular flexibility index (Phi) is 1.45. The molecule has 72 valence electrons. The van der Waals surface area contributed by atoms with E-state index >= 15 is 0 Å². The Hall–Kier alpha value is -0.550. The molecule has 13 heavy (non-hydrogen) atoms. The van der Waals surface area contributed by atoms with E-state index in [9.17, 15) is 10.4 Å². The maximum absolute atomic E-state index is 9.96. The highest BCUT2D eigenvalue weighted by molar-refractivity contribution is 5.25. The van der Waals surface area contributed by atoms with E-state index in [1.165, 1.54) is 0 Å². The van der Waals surface area contributed by atoms with Gasteiger partial charge >= 0.3 is 0 Å². The molecule has 1 N–H and O–H groups in total. The highest BCUT2D eigenvalue weighted by Gasteiger charge is 2.69. The second-order valence-corrected chi connectivity index (χ2v) is 5.46. The second-order valence-electron chi connectivity index (χ2n) is 5.46. The van der Waals surface area contributed by atoms with Gasteiger partial charge in [0.1, 0.15) is 0 Å². The molecule has 2 bridgehead atoms. The Morgan fingerprint density at radius 1 is 1.31 bits per heavy atom. The third-order valence-corrected chi connectivity index (χ3v) is 5.19. The molecule has 0 unspecified atom stereocenters. The maximum atomic E-state index is 9.96. The zero-order valence-corrected chi connectivity index (χ0v) is 8.59. The van der Waals surface area contributed by atoms with Crippen LogP contribution in [0, 0.1) is 27.6 Å². The molecule has 0 saturated heterocycles. The summed E-state index contributed by atoms with van der Waals surface area (Å²) < 4.78 is 0. The topological polar surface area (TPSA) is 44.0 Å². The van der Waals surface area contributed by atoms with Gasteiger partial charge in [0.25, 0.3) is 0 Å². The number of aliphatic hydroxyl groups excluding tert-OH is 1. The number of aliphatic hydroxyl groups is 1. The first-order valence-electron chi connectivity index (χ1n) is 4.99. The van der Waals surface area contributed by atoms with Crippen molar-refractivity contribution in [3.05, 3.63) is 0 Å². The Morgan fingerprint density at radius 2 is 1.92 bits per heavy atom. The van der Waals surface area contributed by atoms with Crippen LogP contribution in [0.15, 0.2) is 0 Å². The Balaban J connectivity index is 2.54. The first-order chi connectivity index (χ1) is 5.90. The maximum Gasteiger partial charge on any atom is 0.0696 e. The van der Waals surface area contributed by atoms with Crippen LogP contribution in [0.3, 0.4) is 0 Å². The molecule has 2 saturated carbocycles. The van der Waals surface area contributed by atoms with E-state index in [0.717, 1.165) is 12.8 Å². The molecule has 0 spiro atoms.